The number of benzene rings is 3. The molecule has 0 saturated carbocycles. The lowest BCUT2D eigenvalue weighted by Gasteiger charge is -2.05. The highest BCUT2D eigenvalue weighted by molar-refractivity contribution is 8.13. The van der Waals surface area contributed by atoms with E-state index >= 15 is 0 Å². The predicted molar refractivity (Wildman–Crippen MR) is 111 cm³/mol. The zero-order chi connectivity index (χ0) is 18.2. The van der Waals surface area contributed by atoms with Gasteiger partial charge >= 0.3 is 5.30 Å². The molecule has 0 heterocycles. The first-order chi connectivity index (χ1) is 12.7. The molecule has 3 aromatic rings. The van der Waals surface area contributed by atoms with Crippen molar-refractivity contribution in [3.63, 3.8) is 0 Å². The van der Waals surface area contributed by atoms with Crippen LogP contribution in [0.15, 0.2) is 88.7 Å². The molecule has 0 spiro atoms. The number of hydrogen-bond donors (Lipinski definition) is 1. The minimum absolute atomic E-state index is 0.0497. The second-order valence-electron chi connectivity index (χ2n) is 5.60. The third-order valence-corrected chi connectivity index (χ3v) is 5.54. The van der Waals surface area contributed by atoms with Gasteiger partial charge in [-0.05, 0) is 35.9 Å². The van der Waals surface area contributed by atoms with Gasteiger partial charge in [0.25, 0.3) is 0 Å². The first-order valence-electron chi connectivity index (χ1n) is 8.17. The van der Waals surface area contributed by atoms with E-state index in [1.54, 1.807) is 11.8 Å². The summed E-state index contributed by atoms with van der Waals surface area (Å²) in [5.74, 6) is 0.830. The highest BCUT2D eigenvalue weighted by atomic mass is 32.2. The molecule has 26 heavy (non-hydrogen) atoms. The fourth-order valence-corrected chi connectivity index (χ4v) is 3.79. The maximum absolute atomic E-state index is 9.95. The Labute approximate surface area is 162 Å². The molecule has 3 aromatic carbocycles. The van der Waals surface area contributed by atoms with Crippen molar-refractivity contribution in [2.45, 2.75) is 22.2 Å². The molecule has 0 aromatic heterocycles. The third-order valence-electron chi connectivity index (χ3n) is 3.68. The van der Waals surface area contributed by atoms with Crippen LogP contribution in [0.1, 0.15) is 11.1 Å². The quantitative estimate of drug-likeness (QED) is 0.271. The van der Waals surface area contributed by atoms with Gasteiger partial charge in [-0.15, -0.1) is 11.8 Å². The van der Waals surface area contributed by atoms with E-state index in [0.29, 0.717) is 6.61 Å². The van der Waals surface area contributed by atoms with Crippen molar-refractivity contribution >= 4 is 34.5 Å². The molecule has 0 fully saturated rings. The molecule has 3 nitrogen and oxygen atoms in total. The van der Waals surface area contributed by atoms with Crippen LogP contribution in [0.5, 0.6) is 0 Å². The number of nitrogen functional groups attached to an aromatic ring is 1. The van der Waals surface area contributed by atoms with Gasteiger partial charge in [-0.1, -0.05) is 48.5 Å². The molecule has 0 unspecified atom stereocenters. The Morgan fingerprint density at radius 3 is 2.23 bits per heavy atom. The average Bonchev–Trinajstić information content (AvgIpc) is 2.68. The normalized spacial score (nSPS) is 10.5. The van der Waals surface area contributed by atoms with Crippen molar-refractivity contribution in [3.8, 4) is 0 Å². The second kappa shape index (κ2) is 9.36. The molecule has 0 aliphatic rings. The molecule has 0 bridgehead atoms. The number of hydrogen-bond acceptors (Lipinski definition) is 4. The van der Waals surface area contributed by atoms with Crippen molar-refractivity contribution in [1.29, 1.82) is 0 Å². The number of rotatable bonds is 6. The summed E-state index contributed by atoms with van der Waals surface area (Å²) in [5.41, 5.74) is 8.95. The van der Waals surface area contributed by atoms with E-state index in [1.165, 1.54) is 11.8 Å². The van der Waals surface area contributed by atoms with E-state index in [2.05, 4.69) is 0 Å². The Balaban J connectivity index is 1.48. The van der Waals surface area contributed by atoms with Crippen LogP contribution in [0, 0.1) is 0 Å². The standard InChI is InChI=1S/C21H19NO2S2/c22-20-9-5-4-8-17(20)15-25-18-10-12-19(13-11-18)26-21(23)24-14-16-6-2-1-3-7-16/h1-13H,14-15,22H2/p+1. The Morgan fingerprint density at radius 1 is 0.846 bits per heavy atom. The topological polar surface area (TPSA) is 56.7 Å². The van der Waals surface area contributed by atoms with Gasteiger partial charge in [-0.3, -0.25) is 0 Å². The van der Waals surface area contributed by atoms with Gasteiger partial charge < -0.3 is 15.3 Å². The summed E-state index contributed by atoms with van der Waals surface area (Å²) < 4.78 is 5.40. The highest BCUT2D eigenvalue weighted by Crippen LogP contribution is 2.28. The smallest absolute Gasteiger partial charge is 0.398 e. The van der Waals surface area contributed by atoms with Crippen LogP contribution >= 0.6 is 23.5 Å². The molecule has 0 atom stereocenters. The van der Waals surface area contributed by atoms with Gasteiger partial charge in [-0.2, -0.15) is 0 Å². The number of para-hydroxylation sites is 1. The Morgan fingerprint density at radius 2 is 1.50 bits per heavy atom. The maximum atomic E-state index is 9.95. The zero-order valence-corrected chi connectivity index (χ0v) is 15.8. The summed E-state index contributed by atoms with van der Waals surface area (Å²) in [5, 5.41) is -0.0497. The zero-order valence-electron chi connectivity index (χ0n) is 14.2. The lowest BCUT2D eigenvalue weighted by Crippen LogP contribution is -2.00. The van der Waals surface area contributed by atoms with Crippen molar-refractivity contribution < 1.29 is 9.53 Å². The van der Waals surface area contributed by atoms with E-state index < -0.39 is 0 Å². The lowest BCUT2D eigenvalue weighted by molar-refractivity contribution is 0.274. The predicted octanol–water partition coefficient (Wildman–Crippen LogP) is 5.33. The molecule has 3 N–H and O–H groups in total. The van der Waals surface area contributed by atoms with Gasteiger partial charge in [0.2, 0.25) is 6.61 Å². The number of thioether (sulfide) groups is 2. The van der Waals surface area contributed by atoms with E-state index in [1.807, 2.05) is 78.9 Å². The van der Waals surface area contributed by atoms with Gasteiger partial charge in [-0.25, -0.2) is 0 Å². The summed E-state index contributed by atoms with van der Waals surface area (Å²) in [4.78, 5) is 12.0. The summed E-state index contributed by atoms with van der Waals surface area (Å²) in [6.07, 6.45) is 0. The van der Waals surface area contributed by atoms with Crippen LogP contribution in [0.2, 0.25) is 0 Å². The van der Waals surface area contributed by atoms with E-state index in [9.17, 15) is 4.79 Å². The molecule has 5 heteroatoms. The molecule has 0 amide bonds. The van der Waals surface area contributed by atoms with Crippen molar-refractivity contribution in [1.82, 2.24) is 0 Å². The van der Waals surface area contributed by atoms with Gasteiger partial charge in [0.05, 0.1) is 11.8 Å². The number of carbonyl (C=O) groups excluding carboxylic acids is 1. The van der Waals surface area contributed by atoms with Crippen LogP contribution in [0.25, 0.3) is 0 Å². The molecule has 3 rings (SSSR count). The van der Waals surface area contributed by atoms with E-state index in [4.69, 9.17) is 10.5 Å². The first kappa shape index (κ1) is 18.4. The molecule has 0 aliphatic carbocycles. The SMILES string of the molecule is Nc1ccccc1CSc1ccc(SC(=[OH+])OCc2ccccc2)cc1. The fourth-order valence-electron chi connectivity index (χ4n) is 2.28. The summed E-state index contributed by atoms with van der Waals surface area (Å²) >= 11 is 2.94. The molecular formula is C21H20NO2S2+. The van der Waals surface area contributed by atoms with Crippen molar-refractivity contribution in [2.24, 2.45) is 0 Å². The summed E-state index contributed by atoms with van der Waals surface area (Å²) in [7, 11) is 0. The van der Waals surface area contributed by atoms with Crippen LogP contribution in [-0.2, 0) is 17.1 Å². The Bertz CT molecular complexity index is 851. The summed E-state index contributed by atoms with van der Waals surface area (Å²) in [6.45, 7) is 0.353. The van der Waals surface area contributed by atoms with E-state index in [0.717, 1.165) is 32.4 Å². The lowest BCUT2D eigenvalue weighted by atomic mass is 10.2. The van der Waals surface area contributed by atoms with Crippen LogP contribution in [0.4, 0.5) is 5.69 Å². The number of nitrogens with two attached hydrogens (primary N) is 1. The maximum Gasteiger partial charge on any atom is 0.555 e. The molecule has 0 aliphatic heterocycles. The molecule has 0 saturated heterocycles. The minimum atomic E-state index is -0.0497. The first-order valence-corrected chi connectivity index (χ1v) is 9.97. The molecule has 132 valence electrons. The monoisotopic (exact) mass is 382 g/mol. The summed E-state index contributed by atoms with van der Waals surface area (Å²) in [6, 6.07) is 25.7. The number of anilines is 1. The fraction of sp³-hybridized carbons (Fsp3) is 0.0952. The van der Waals surface area contributed by atoms with Gasteiger partial charge in [0.15, 0.2) is 0 Å². The average molecular weight is 383 g/mol. The Hall–Kier alpha value is -2.37. The number of ether oxygens (including phenoxy) is 1. The van der Waals surface area contributed by atoms with Gasteiger partial charge in [0.1, 0.15) is 0 Å². The van der Waals surface area contributed by atoms with Crippen molar-refractivity contribution in [2.75, 3.05) is 5.73 Å². The largest absolute Gasteiger partial charge is 0.555 e. The molecular weight excluding hydrogens is 362 g/mol. The minimum Gasteiger partial charge on any atom is -0.398 e. The third kappa shape index (κ3) is 5.58. The van der Waals surface area contributed by atoms with Gasteiger partial charge in [0, 0.05) is 26.8 Å². The van der Waals surface area contributed by atoms with Crippen LogP contribution in [0.3, 0.4) is 0 Å². The van der Waals surface area contributed by atoms with Crippen molar-refractivity contribution in [3.05, 3.63) is 90.0 Å². The second-order valence-corrected chi connectivity index (χ2v) is 7.67. The van der Waals surface area contributed by atoms with Crippen LogP contribution < -0.4 is 5.73 Å². The van der Waals surface area contributed by atoms with E-state index in [-0.39, 0.29) is 5.30 Å². The highest BCUT2D eigenvalue weighted by Gasteiger charge is 2.15. The Kier molecular flexibility index (Phi) is 6.63. The molecule has 0 radical (unpaired) electrons. The van der Waals surface area contributed by atoms with Crippen LogP contribution in [-0.4, -0.2) is 10.1 Å².